The van der Waals surface area contributed by atoms with Gasteiger partial charge in [0.25, 0.3) is 0 Å². The largest absolute Gasteiger partial charge is 0.383 e. The summed E-state index contributed by atoms with van der Waals surface area (Å²) in [6, 6.07) is 8.25. The molecule has 3 rings (SSSR count). The first-order valence-electron chi connectivity index (χ1n) is 6.16. The van der Waals surface area contributed by atoms with E-state index in [4.69, 9.17) is 5.73 Å². The van der Waals surface area contributed by atoms with Crippen molar-refractivity contribution < 1.29 is 0 Å². The molecular weight excluding hydrogens is 290 g/mol. The lowest BCUT2D eigenvalue weighted by atomic mass is 10.0. The van der Waals surface area contributed by atoms with Crippen LogP contribution in [0.3, 0.4) is 0 Å². The van der Waals surface area contributed by atoms with Gasteiger partial charge in [0, 0.05) is 23.0 Å². The number of hydrogen-bond acceptors (Lipinski definition) is 2. The monoisotopic (exact) mass is 305 g/mol. The highest BCUT2D eigenvalue weighted by Gasteiger charge is 2.39. The van der Waals surface area contributed by atoms with E-state index in [1.165, 1.54) is 6.42 Å². The zero-order valence-corrected chi connectivity index (χ0v) is 12.1. The van der Waals surface area contributed by atoms with Gasteiger partial charge in [-0.2, -0.15) is 5.10 Å². The van der Waals surface area contributed by atoms with Crippen LogP contribution in [-0.4, -0.2) is 9.78 Å². The molecule has 1 aromatic carbocycles. The van der Waals surface area contributed by atoms with Gasteiger partial charge in [-0.05, 0) is 30.0 Å². The number of hydrogen-bond donors (Lipinski definition) is 1. The molecule has 0 radical (unpaired) electrons. The second-order valence-electron chi connectivity index (χ2n) is 5.10. The molecular formula is C14H16BrN3. The van der Waals surface area contributed by atoms with Crippen molar-refractivity contribution in [3.05, 3.63) is 34.4 Å². The first kappa shape index (κ1) is 11.8. The van der Waals surface area contributed by atoms with E-state index in [1.807, 2.05) is 19.2 Å². The minimum atomic E-state index is 0.572. The molecule has 2 atom stereocenters. The molecule has 0 bridgehead atoms. The van der Waals surface area contributed by atoms with Crippen molar-refractivity contribution in [1.82, 2.24) is 9.78 Å². The summed E-state index contributed by atoms with van der Waals surface area (Å²) in [5, 5.41) is 4.61. The van der Waals surface area contributed by atoms with Crippen molar-refractivity contribution in [2.45, 2.75) is 19.3 Å². The first-order chi connectivity index (χ1) is 8.58. The molecule has 2 aromatic rings. The number of aryl methyl sites for hydroxylation is 1. The van der Waals surface area contributed by atoms with Gasteiger partial charge >= 0.3 is 0 Å². The van der Waals surface area contributed by atoms with E-state index < -0.39 is 0 Å². The van der Waals surface area contributed by atoms with Crippen LogP contribution in [0.2, 0.25) is 0 Å². The standard InChI is InChI=1S/C14H16BrN3/c1-8-6-11(8)13-12(14(16)18(2)17-13)9-4-3-5-10(15)7-9/h3-5,7-8,11H,6,16H2,1-2H3. The Morgan fingerprint density at radius 1 is 1.44 bits per heavy atom. The van der Waals surface area contributed by atoms with E-state index in [0.717, 1.165) is 33.0 Å². The Kier molecular flexibility index (Phi) is 2.70. The van der Waals surface area contributed by atoms with Gasteiger partial charge in [0.2, 0.25) is 0 Å². The van der Waals surface area contributed by atoms with E-state index in [0.29, 0.717) is 5.92 Å². The van der Waals surface area contributed by atoms with Gasteiger partial charge in [0.05, 0.1) is 5.69 Å². The average Bonchev–Trinajstić information content (AvgIpc) is 2.97. The molecule has 1 heterocycles. The van der Waals surface area contributed by atoms with Gasteiger partial charge in [0.1, 0.15) is 5.82 Å². The van der Waals surface area contributed by atoms with Crippen molar-refractivity contribution in [1.29, 1.82) is 0 Å². The summed E-state index contributed by atoms with van der Waals surface area (Å²) in [5.74, 6) is 2.05. The Bertz CT molecular complexity index is 603. The minimum absolute atomic E-state index is 0.572. The molecule has 0 aliphatic heterocycles. The van der Waals surface area contributed by atoms with Crippen molar-refractivity contribution >= 4 is 21.7 Å². The molecule has 1 fully saturated rings. The lowest BCUT2D eigenvalue weighted by Gasteiger charge is -2.04. The molecule has 2 N–H and O–H groups in total. The Balaban J connectivity index is 2.15. The van der Waals surface area contributed by atoms with Crippen LogP contribution in [0.5, 0.6) is 0 Å². The predicted octanol–water partition coefficient (Wildman–Crippen LogP) is 3.56. The highest BCUT2D eigenvalue weighted by Crippen LogP contribution is 2.50. The number of aromatic nitrogens is 2. The van der Waals surface area contributed by atoms with Crippen molar-refractivity contribution in [3.8, 4) is 11.1 Å². The Hall–Kier alpha value is -1.29. The number of nitrogens with two attached hydrogens (primary N) is 1. The summed E-state index contributed by atoms with van der Waals surface area (Å²) < 4.78 is 2.86. The second kappa shape index (κ2) is 4.12. The fourth-order valence-electron chi connectivity index (χ4n) is 2.46. The molecule has 3 nitrogen and oxygen atoms in total. The minimum Gasteiger partial charge on any atom is -0.383 e. The number of benzene rings is 1. The van der Waals surface area contributed by atoms with Crippen molar-refractivity contribution in [2.24, 2.45) is 13.0 Å². The molecule has 18 heavy (non-hydrogen) atoms. The maximum Gasteiger partial charge on any atom is 0.129 e. The first-order valence-corrected chi connectivity index (χ1v) is 6.95. The highest BCUT2D eigenvalue weighted by molar-refractivity contribution is 9.10. The molecule has 0 spiro atoms. The quantitative estimate of drug-likeness (QED) is 0.922. The molecule has 2 unspecified atom stereocenters. The molecule has 1 aliphatic rings. The van der Waals surface area contributed by atoms with E-state index in [-0.39, 0.29) is 0 Å². The van der Waals surface area contributed by atoms with Crippen LogP contribution in [-0.2, 0) is 7.05 Å². The van der Waals surface area contributed by atoms with Gasteiger partial charge in [-0.15, -0.1) is 0 Å². The summed E-state index contributed by atoms with van der Waals surface area (Å²) in [7, 11) is 1.91. The Morgan fingerprint density at radius 3 is 2.78 bits per heavy atom. The zero-order chi connectivity index (χ0) is 12.9. The number of nitrogen functional groups attached to an aromatic ring is 1. The summed E-state index contributed by atoms with van der Waals surface area (Å²) in [4.78, 5) is 0. The molecule has 4 heteroatoms. The van der Waals surface area contributed by atoms with Crippen LogP contribution in [0.1, 0.15) is 25.0 Å². The van der Waals surface area contributed by atoms with E-state index in [9.17, 15) is 0 Å². The second-order valence-corrected chi connectivity index (χ2v) is 6.01. The van der Waals surface area contributed by atoms with Crippen molar-refractivity contribution in [3.63, 3.8) is 0 Å². The van der Waals surface area contributed by atoms with Crippen LogP contribution in [0.15, 0.2) is 28.7 Å². The lowest BCUT2D eigenvalue weighted by molar-refractivity contribution is 0.743. The maximum absolute atomic E-state index is 6.18. The highest BCUT2D eigenvalue weighted by atomic mass is 79.9. The van der Waals surface area contributed by atoms with Crippen LogP contribution in [0.25, 0.3) is 11.1 Å². The predicted molar refractivity (Wildman–Crippen MR) is 77.3 cm³/mol. The Morgan fingerprint density at radius 2 is 2.17 bits per heavy atom. The van der Waals surface area contributed by atoms with Gasteiger partial charge in [-0.25, -0.2) is 0 Å². The molecule has 0 saturated heterocycles. The maximum atomic E-state index is 6.18. The van der Waals surface area contributed by atoms with E-state index >= 15 is 0 Å². The number of rotatable bonds is 2. The third kappa shape index (κ3) is 1.85. The summed E-state index contributed by atoms with van der Waals surface area (Å²) >= 11 is 3.51. The normalized spacial score (nSPS) is 22.2. The molecule has 1 saturated carbocycles. The summed E-state index contributed by atoms with van der Waals surface area (Å²) in [5.41, 5.74) is 9.58. The van der Waals surface area contributed by atoms with Crippen LogP contribution in [0, 0.1) is 5.92 Å². The van der Waals surface area contributed by atoms with Gasteiger partial charge in [-0.1, -0.05) is 35.0 Å². The lowest BCUT2D eigenvalue weighted by Crippen LogP contribution is -1.98. The average molecular weight is 306 g/mol. The molecule has 94 valence electrons. The van der Waals surface area contributed by atoms with Gasteiger partial charge in [0.15, 0.2) is 0 Å². The fraction of sp³-hybridized carbons (Fsp3) is 0.357. The van der Waals surface area contributed by atoms with E-state index in [1.54, 1.807) is 4.68 Å². The molecule has 0 amide bonds. The SMILES string of the molecule is CC1CC1c1nn(C)c(N)c1-c1cccc(Br)c1. The summed E-state index contributed by atoms with van der Waals surface area (Å²) in [6.07, 6.45) is 1.22. The van der Waals surface area contributed by atoms with Crippen LogP contribution < -0.4 is 5.73 Å². The van der Waals surface area contributed by atoms with Gasteiger partial charge < -0.3 is 5.73 Å². The summed E-state index contributed by atoms with van der Waals surface area (Å²) in [6.45, 7) is 2.26. The smallest absolute Gasteiger partial charge is 0.129 e. The van der Waals surface area contributed by atoms with E-state index in [2.05, 4.69) is 40.1 Å². The van der Waals surface area contributed by atoms with Crippen LogP contribution in [0.4, 0.5) is 5.82 Å². The fourth-order valence-corrected chi connectivity index (χ4v) is 2.86. The number of anilines is 1. The van der Waals surface area contributed by atoms with Crippen molar-refractivity contribution in [2.75, 3.05) is 5.73 Å². The number of nitrogens with zero attached hydrogens (tertiary/aromatic N) is 2. The Labute approximate surface area is 115 Å². The topological polar surface area (TPSA) is 43.8 Å². The molecule has 1 aromatic heterocycles. The van der Waals surface area contributed by atoms with Gasteiger partial charge in [-0.3, -0.25) is 4.68 Å². The third-order valence-electron chi connectivity index (χ3n) is 3.69. The molecule has 1 aliphatic carbocycles. The van der Waals surface area contributed by atoms with Crippen LogP contribution >= 0.6 is 15.9 Å². The number of halogens is 1. The zero-order valence-electron chi connectivity index (χ0n) is 10.5. The third-order valence-corrected chi connectivity index (χ3v) is 4.19.